The van der Waals surface area contributed by atoms with Crippen LogP contribution >= 0.6 is 38.5 Å². The van der Waals surface area contributed by atoms with Crippen molar-refractivity contribution in [3.63, 3.8) is 0 Å². The second-order valence-electron chi connectivity index (χ2n) is 19.3. The van der Waals surface area contributed by atoms with E-state index in [4.69, 9.17) is 19.8 Å². The van der Waals surface area contributed by atoms with Gasteiger partial charge in [0, 0.05) is 87.8 Å². The van der Waals surface area contributed by atoms with Gasteiger partial charge in [0.25, 0.3) is 0 Å². The van der Waals surface area contributed by atoms with E-state index in [0.717, 1.165) is 5.59 Å². The lowest BCUT2D eigenvalue weighted by Crippen LogP contribution is -2.41. The molecule has 0 amide bonds. The molecular formula is C62H47BBrF4IN10O2. The van der Waals surface area contributed by atoms with Crippen molar-refractivity contribution in [2.45, 2.75) is 38.9 Å². The van der Waals surface area contributed by atoms with E-state index in [0.29, 0.717) is 95.9 Å². The maximum Gasteiger partial charge on any atom is 0.514 e. The summed E-state index contributed by atoms with van der Waals surface area (Å²) in [6.45, 7) is 8.18. The minimum Gasteiger partial charge on any atom is -0.398 e. The van der Waals surface area contributed by atoms with Crippen LogP contribution in [0, 0.1) is 72.2 Å². The van der Waals surface area contributed by atoms with Crippen molar-refractivity contribution in [1.82, 2.24) is 29.3 Å². The molecule has 402 valence electrons. The Hall–Kier alpha value is -8.70. The van der Waals surface area contributed by atoms with Crippen molar-refractivity contribution in [2.75, 3.05) is 0 Å². The van der Waals surface area contributed by atoms with Crippen molar-refractivity contribution in [3.05, 3.63) is 212 Å². The predicted octanol–water partition coefficient (Wildman–Crippen LogP) is 14.3. The Morgan fingerprint density at radius 2 is 0.914 bits per heavy atom. The maximum atomic E-state index is 14.7. The highest BCUT2D eigenvalue weighted by Gasteiger charge is 2.52. The third-order valence-corrected chi connectivity index (χ3v) is 15.2. The summed E-state index contributed by atoms with van der Waals surface area (Å²) in [7, 11) is 5.06. The lowest BCUT2D eigenvalue weighted by molar-refractivity contribution is 0.00578. The van der Waals surface area contributed by atoms with Gasteiger partial charge >= 0.3 is 7.12 Å². The Labute approximate surface area is 487 Å². The van der Waals surface area contributed by atoms with Crippen LogP contribution in [0.2, 0.25) is 0 Å². The van der Waals surface area contributed by atoms with E-state index in [1.807, 2.05) is 69.5 Å². The second kappa shape index (κ2) is 24.8. The molecule has 1 fully saturated rings. The number of fused-ring (bicyclic) bond motifs is 4. The minimum absolute atomic E-state index is 0.250. The zero-order chi connectivity index (χ0) is 58.3. The van der Waals surface area contributed by atoms with Gasteiger partial charge in [0.15, 0.2) is 0 Å². The summed E-state index contributed by atoms with van der Waals surface area (Å²) in [5.41, 5.74) is 4.35. The molecule has 0 N–H and O–H groups in total. The van der Waals surface area contributed by atoms with Crippen LogP contribution in [0.15, 0.2) is 163 Å². The Balaban J connectivity index is 0.000000134. The van der Waals surface area contributed by atoms with Crippen molar-refractivity contribution in [3.8, 4) is 46.8 Å². The third kappa shape index (κ3) is 12.1. The van der Waals surface area contributed by atoms with Gasteiger partial charge in [0.1, 0.15) is 23.3 Å². The van der Waals surface area contributed by atoms with Gasteiger partial charge in [-0.15, -0.1) is 0 Å². The molecule has 0 unspecified atom stereocenters. The lowest BCUT2D eigenvalue weighted by atomic mass is 9.85. The van der Waals surface area contributed by atoms with E-state index in [-0.39, 0.29) is 41.6 Å². The third-order valence-electron chi connectivity index (χ3n) is 13.8. The van der Waals surface area contributed by atoms with Gasteiger partial charge < -0.3 is 9.31 Å². The SMILES string of the molecule is Cn1ncc(Br)c1-c1cc(C#N)c2ccccc2c1F.Cn1nccc1-c1cc(C#N)c2ccccc2c1F.Cn1nccc1B1OC(C)(C)C(C)(C)O1.N#Cc1cc(I)c(F)c2ccccc12.N#Cc1ccc(F)c2ccccc12. The summed E-state index contributed by atoms with van der Waals surface area (Å²) in [5, 5.41) is 52.9. The van der Waals surface area contributed by atoms with Crippen LogP contribution < -0.4 is 5.59 Å². The Bertz CT molecular complexity index is 4330. The molecular weight excluding hydrogens is 1210 g/mol. The summed E-state index contributed by atoms with van der Waals surface area (Å²) in [6.07, 6.45) is 4.96. The van der Waals surface area contributed by atoms with Gasteiger partial charge in [-0.2, -0.15) is 36.3 Å². The van der Waals surface area contributed by atoms with E-state index >= 15 is 0 Å². The molecule has 8 aromatic carbocycles. The van der Waals surface area contributed by atoms with Crippen LogP contribution in [0.1, 0.15) is 49.9 Å². The van der Waals surface area contributed by atoms with E-state index in [9.17, 15) is 28.1 Å². The zero-order valence-corrected chi connectivity index (χ0v) is 48.4. The number of aromatic nitrogens is 6. The first kappa shape index (κ1) is 58.5. The summed E-state index contributed by atoms with van der Waals surface area (Å²) in [4.78, 5) is 0. The molecule has 0 radical (unpaired) electrons. The van der Waals surface area contributed by atoms with Crippen molar-refractivity contribution >= 4 is 94.3 Å². The summed E-state index contributed by atoms with van der Waals surface area (Å²) >= 11 is 5.26. The average molecular weight is 1260 g/mol. The minimum atomic E-state index is -0.344. The fourth-order valence-electron chi connectivity index (χ4n) is 8.91. The first-order chi connectivity index (χ1) is 38.7. The van der Waals surface area contributed by atoms with E-state index in [1.165, 1.54) is 12.1 Å². The molecule has 1 aliphatic heterocycles. The van der Waals surface area contributed by atoms with Crippen LogP contribution in [0.5, 0.6) is 0 Å². The molecule has 1 saturated heterocycles. The van der Waals surface area contributed by atoms with Crippen molar-refractivity contribution in [2.24, 2.45) is 21.1 Å². The molecule has 11 aromatic rings. The molecule has 19 heteroatoms. The zero-order valence-electron chi connectivity index (χ0n) is 44.6. The van der Waals surface area contributed by atoms with E-state index in [2.05, 4.69) is 49.4 Å². The number of aryl methyl sites for hydroxylation is 3. The fraction of sp³-hybridized carbons (Fsp3) is 0.145. The molecule has 0 saturated carbocycles. The summed E-state index contributed by atoms with van der Waals surface area (Å²) in [6, 6.07) is 47.5. The molecule has 0 bridgehead atoms. The number of rotatable bonds is 3. The average Bonchev–Trinajstić information content (AvgIpc) is 4.40. The Morgan fingerprint density at radius 3 is 1.36 bits per heavy atom. The van der Waals surface area contributed by atoms with Gasteiger partial charge in [-0.3, -0.25) is 14.0 Å². The smallest absolute Gasteiger partial charge is 0.398 e. The topological polar surface area (TPSA) is 167 Å². The molecule has 4 heterocycles. The summed E-state index contributed by atoms with van der Waals surface area (Å²) in [5.74, 6) is -1.20. The van der Waals surface area contributed by atoms with E-state index in [1.54, 1.807) is 168 Å². The molecule has 0 spiro atoms. The van der Waals surface area contributed by atoms with Crippen LogP contribution in [-0.4, -0.2) is 47.7 Å². The van der Waals surface area contributed by atoms with Crippen molar-refractivity contribution in [1.29, 1.82) is 21.0 Å². The number of benzene rings is 8. The number of hydrogen-bond acceptors (Lipinski definition) is 9. The number of nitriles is 4. The lowest BCUT2D eigenvalue weighted by Gasteiger charge is -2.32. The quantitative estimate of drug-likeness (QED) is 0.0950. The maximum absolute atomic E-state index is 14.7. The van der Waals surface area contributed by atoms with Crippen LogP contribution in [0.4, 0.5) is 17.6 Å². The molecule has 3 aromatic heterocycles. The van der Waals surface area contributed by atoms with Gasteiger partial charge in [-0.05, 0) is 109 Å². The second-order valence-corrected chi connectivity index (χ2v) is 21.3. The van der Waals surface area contributed by atoms with Gasteiger partial charge in [-0.25, -0.2) is 17.6 Å². The Morgan fingerprint density at radius 1 is 0.494 bits per heavy atom. The monoisotopic (exact) mass is 1260 g/mol. The highest BCUT2D eigenvalue weighted by Crippen LogP contribution is 2.38. The number of nitrogens with zero attached hydrogens (tertiary/aromatic N) is 10. The first-order valence-corrected chi connectivity index (χ1v) is 26.7. The normalized spacial score (nSPS) is 12.8. The van der Waals surface area contributed by atoms with Crippen molar-refractivity contribution < 1.29 is 26.9 Å². The Kier molecular flexibility index (Phi) is 17.9. The first-order valence-electron chi connectivity index (χ1n) is 24.8. The molecule has 81 heavy (non-hydrogen) atoms. The molecule has 0 atom stereocenters. The van der Waals surface area contributed by atoms with Crippen LogP contribution in [-0.2, 0) is 30.5 Å². The largest absolute Gasteiger partial charge is 0.514 e. The van der Waals surface area contributed by atoms with Gasteiger partial charge in [-0.1, -0.05) is 97.1 Å². The van der Waals surface area contributed by atoms with Crippen LogP contribution in [0.3, 0.4) is 0 Å². The summed E-state index contributed by atoms with van der Waals surface area (Å²) < 4.78 is 74.0. The number of halogens is 6. The fourth-order valence-corrected chi connectivity index (χ4v) is 10.1. The van der Waals surface area contributed by atoms with Crippen LogP contribution in [0.25, 0.3) is 65.6 Å². The van der Waals surface area contributed by atoms with Gasteiger partial charge in [0.05, 0.1) is 89.0 Å². The van der Waals surface area contributed by atoms with Gasteiger partial charge in [0.2, 0.25) is 0 Å². The number of hydrogen-bond donors (Lipinski definition) is 0. The molecule has 0 aliphatic carbocycles. The highest BCUT2D eigenvalue weighted by atomic mass is 127. The predicted molar refractivity (Wildman–Crippen MR) is 318 cm³/mol. The molecule has 12 rings (SSSR count). The molecule has 12 nitrogen and oxygen atoms in total. The highest BCUT2D eigenvalue weighted by molar-refractivity contribution is 14.1. The van der Waals surface area contributed by atoms with E-state index < -0.39 is 0 Å². The molecule has 1 aliphatic rings. The standard InChI is InChI=1S/C15H9BrFN3.C15H10FN3.C11H5FIN.C11H6FN.C10H17BN2O2/c1-20-15(13(16)8-19-20)12-6-9(7-18)10-4-2-3-5-11(10)14(12)17;1-19-14(6-7-18-19)13-8-10(9-17)11-4-2-3-5-12(11)15(13)16;12-11-9-4-2-1-3-8(9)7(6-14)5-10(11)13;12-11-6-5-8(7-13)9-3-1-2-4-10(9)11;1-9(2)10(3,4)15-11(14-9)8-6-7-12-13(8)5/h2-6,8H,1H3;2-8H,1H3;1-5H;1-6H;6-7H,1-5H3.